The Morgan fingerprint density at radius 2 is 1.88 bits per heavy atom. The van der Waals surface area contributed by atoms with Gasteiger partial charge in [0.15, 0.2) is 0 Å². The maximum Gasteiger partial charge on any atom is 0.0994 e. The average molecular weight is 444 g/mol. The van der Waals surface area contributed by atoms with Crippen molar-refractivity contribution in [1.29, 1.82) is 0 Å². The fourth-order valence-corrected chi connectivity index (χ4v) is 8.69. The second-order valence-corrected chi connectivity index (χ2v) is 11.7. The predicted octanol–water partition coefficient (Wildman–Crippen LogP) is 3.56. The summed E-state index contributed by atoms with van der Waals surface area (Å²) in [6.45, 7) is 6.09. The molecule has 0 aliphatic heterocycles. The second-order valence-electron chi connectivity index (χ2n) is 11.7. The summed E-state index contributed by atoms with van der Waals surface area (Å²) < 4.78 is 6.16. The summed E-state index contributed by atoms with van der Waals surface area (Å²) in [6.07, 6.45) is 13.5. The van der Waals surface area contributed by atoms with Crippen molar-refractivity contribution in [2.75, 3.05) is 13.2 Å². The monoisotopic (exact) mass is 443 g/mol. The van der Waals surface area contributed by atoms with Gasteiger partial charge in [0.2, 0.25) is 0 Å². The van der Waals surface area contributed by atoms with Gasteiger partial charge in [-0.05, 0) is 100.0 Å². The maximum atomic E-state index is 12.3. The normalized spacial score (nSPS) is 48.0. The molecule has 2 unspecified atom stereocenters. The molecule has 4 aliphatic carbocycles. The molecule has 178 valence electrons. The molecule has 0 spiro atoms. The number of nitrogens with zero attached hydrogens (tertiary/aromatic N) is 2. The summed E-state index contributed by atoms with van der Waals surface area (Å²) in [5, 5.41) is 32.2. The molecule has 4 aliphatic rings. The van der Waals surface area contributed by atoms with Gasteiger partial charge in [0.1, 0.15) is 0 Å². The third kappa shape index (κ3) is 3.05. The van der Waals surface area contributed by atoms with Gasteiger partial charge in [0.25, 0.3) is 0 Å². The molecule has 32 heavy (non-hydrogen) atoms. The van der Waals surface area contributed by atoms with Crippen molar-refractivity contribution in [3.63, 3.8) is 0 Å². The van der Waals surface area contributed by atoms with Gasteiger partial charge < -0.3 is 20.7 Å². The van der Waals surface area contributed by atoms with E-state index in [9.17, 15) is 10.2 Å². The number of hydrogen-bond donors (Lipinski definition) is 3. The van der Waals surface area contributed by atoms with Gasteiger partial charge in [-0.2, -0.15) is 10.2 Å². The first-order chi connectivity index (χ1) is 15.3. The van der Waals surface area contributed by atoms with Crippen molar-refractivity contribution >= 4 is 0 Å². The number of hydrogen-bond acceptors (Lipinski definition) is 6. The van der Waals surface area contributed by atoms with Gasteiger partial charge in [-0.3, -0.25) is 0 Å². The number of ether oxygens (including phenoxy) is 1. The topological polar surface area (TPSA) is 101 Å². The minimum Gasteiger partial charge on any atom is -0.389 e. The highest BCUT2D eigenvalue weighted by Gasteiger charge is 2.72. The summed E-state index contributed by atoms with van der Waals surface area (Å²) in [4.78, 5) is 0. The van der Waals surface area contributed by atoms with E-state index in [1.807, 2.05) is 6.07 Å². The van der Waals surface area contributed by atoms with Crippen LogP contribution in [0.5, 0.6) is 0 Å². The van der Waals surface area contributed by atoms with E-state index >= 15 is 0 Å². The Balaban J connectivity index is 1.39. The molecular formula is C26H41N3O3. The fraction of sp³-hybridized carbons (Fsp3) is 0.846. The molecule has 4 fully saturated rings. The van der Waals surface area contributed by atoms with Crippen molar-refractivity contribution in [3.05, 3.63) is 24.0 Å². The molecule has 1 aromatic rings. The lowest BCUT2D eigenvalue weighted by Gasteiger charge is -2.64. The van der Waals surface area contributed by atoms with Gasteiger partial charge in [-0.1, -0.05) is 13.8 Å². The van der Waals surface area contributed by atoms with E-state index in [-0.39, 0.29) is 11.3 Å². The molecule has 1 aromatic heterocycles. The molecule has 0 radical (unpaired) electrons. The van der Waals surface area contributed by atoms with Crippen molar-refractivity contribution in [2.24, 2.45) is 34.3 Å². The lowest BCUT2D eigenvalue weighted by Crippen LogP contribution is -2.64. The molecule has 5 rings (SSSR count). The van der Waals surface area contributed by atoms with Crippen LogP contribution < -0.4 is 5.73 Å². The van der Waals surface area contributed by atoms with Crippen LogP contribution in [0, 0.1) is 28.6 Å². The molecule has 4 N–H and O–H groups in total. The molecule has 0 amide bonds. The average Bonchev–Trinajstić information content (AvgIpc) is 3.02. The first-order valence-electron chi connectivity index (χ1n) is 12.8. The summed E-state index contributed by atoms with van der Waals surface area (Å²) in [5.74, 6) is 1.43. The van der Waals surface area contributed by atoms with Gasteiger partial charge in [-0.15, -0.1) is 0 Å². The molecule has 1 heterocycles. The van der Waals surface area contributed by atoms with E-state index < -0.39 is 16.6 Å². The largest absolute Gasteiger partial charge is 0.389 e. The van der Waals surface area contributed by atoms with Crippen LogP contribution in [0.2, 0.25) is 0 Å². The van der Waals surface area contributed by atoms with E-state index in [1.54, 1.807) is 12.4 Å². The van der Waals surface area contributed by atoms with E-state index in [4.69, 9.17) is 10.5 Å². The predicted molar refractivity (Wildman–Crippen MR) is 123 cm³/mol. The Hall–Kier alpha value is -1.08. The number of aliphatic hydroxyl groups is 2. The Labute approximate surface area is 192 Å². The summed E-state index contributed by atoms with van der Waals surface area (Å²) in [6, 6.07) is 1.88. The zero-order valence-corrected chi connectivity index (χ0v) is 19.8. The van der Waals surface area contributed by atoms with Crippen molar-refractivity contribution in [1.82, 2.24) is 10.2 Å². The zero-order valence-electron chi connectivity index (χ0n) is 19.8. The highest BCUT2D eigenvalue weighted by molar-refractivity contribution is 5.30. The van der Waals surface area contributed by atoms with Gasteiger partial charge >= 0.3 is 0 Å². The van der Waals surface area contributed by atoms with Gasteiger partial charge in [0, 0.05) is 23.8 Å². The van der Waals surface area contributed by atoms with Crippen LogP contribution in [-0.2, 0) is 10.3 Å². The number of nitrogens with two attached hydrogens (primary N) is 1. The number of aromatic nitrogens is 2. The molecule has 6 heteroatoms. The standard InChI is InChI=1S/C26H41N3O3/c1-23-9-6-20(32-15-3-13-27)16-18(23)4-5-22-21(23)7-10-24(2)25(30,11-12-26(22,24)31)19-8-14-28-29-17-19/h8,14,17-18,20-22,30-31H,3-7,9-13,15-16,27H2,1-2H3/t18-,20+,21?,22?,23+,24-,25+,26+/m1/s1. The summed E-state index contributed by atoms with van der Waals surface area (Å²) in [5.41, 5.74) is 4.26. The number of rotatable bonds is 5. The maximum absolute atomic E-state index is 12.3. The third-order valence-corrected chi connectivity index (χ3v) is 10.7. The molecule has 0 bridgehead atoms. The highest BCUT2D eigenvalue weighted by atomic mass is 16.5. The fourth-order valence-electron chi connectivity index (χ4n) is 8.69. The van der Waals surface area contributed by atoms with Crippen molar-refractivity contribution < 1.29 is 14.9 Å². The van der Waals surface area contributed by atoms with Gasteiger partial charge in [-0.25, -0.2) is 0 Å². The van der Waals surface area contributed by atoms with Crippen LogP contribution in [0.15, 0.2) is 18.5 Å². The quantitative estimate of drug-likeness (QED) is 0.602. The summed E-state index contributed by atoms with van der Waals surface area (Å²) in [7, 11) is 0. The van der Waals surface area contributed by atoms with E-state index in [0.717, 1.165) is 57.1 Å². The van der Waals surface area contributed by atoms with E-state index in [0.29, 0.717) is 37.3 Å². The molecule has 4 saturated carbocycles. The van der Waals surface area contributed by atoms with Crippen LogP contribution in [0.4, 0.5) is 0 Å². The molecule has 0 saturated heterocycles. The van der Waals surface area contributed by atoms with Crippen LogP contribution in [0.25, 0.3) is 0 Å². The minimum atomic E-state index is -1.05. The summed E-state index contributed by atoms with van der Waals surface area (Å²) >= 11 is 0. The third-order valence-electron chi connectivity index (χ3n) is 10.7. The Morgan fingerprint density at radius 1 is 1.03 bits per heavy atom. The Kier molecular flexibility index (Phi) is 5.68. The van der Waals surface area contributed by atoms with E-state index in [1.165, 1.54) is 6.42 Å². The number of fused-ring (bicyclic) bond motifs is 5. The van der Waals surface area contributed by atoms with Crippen LogP contribution in [0.3, 0.4) is 0 Å². The van der Waals surface area contributed by atoms with Crippen LogP contribution in [-0.4, -0.2) is 45.3 Å². The van der Waals surface area contributed by atoms with Crippen molar-refractivity contribution in [3.8, 4) is 0 Å². The lowest BCUT2D eigenvalue weighted by atomic mass is 9.43. The van der Waals surface area contributed by atoms with Gasteiger partial charge in [0.05, 0.1) is 23.5 Å². The smallest absolute Gasteiger partial charge is 0.0994 e. The minimum absolute atomic E-state index is 0.251. The Morgan fingerprint density at radius 3 is 2.62 bits per heavy atom. The SMILES string of the molecule is C[C@]12CCC3C(CC[C@@H]4C[C@@H](OCCCN)CC[C@]34C)[C@@]1(O)CC[C@]2(O)c1ccnnc1. The first kappa shape index (κ1) is 22.7. The zero-order chi connectivity index (χ0) is 22.6. The highest BCUT2D eigenvalue weighted by Crippen LogP contribution is 2.71. The molecule has 6 nitrogen and oxygen atoms in total. The Bertz CT molecular complexity index is 824. The second kappa shape index (κ2) is 8.00. The lowest BCUT2D eigenvalue weighted by molar-refractivity contribution is -0.239. The molecule has 0 aromatic carbocycles. The molecule has 8 atom stereocenters. The van der Waals surface area contributed by atoms with E-state index in [2.05, 4.69) is 24.0 Å². The van der Waals surface area contributed by atoms with Crippen LogP contribution >= 0.6 is 0 Å². The molecular weight excluding hydrogens is 402 g/mol. The van der Waals surface area contributed by atoms with Crippen molar-refractivity contribution in [2.45, 2.75) is 95.4 Å². The first-order valence-corrected chi connectivity index (χ1v) is 12.8. The van der Waals surface area contributed by atoms with Crippen LogP contribution in [0.1, 0.15) is 83.6 Å².